The molecule has 4 nitrogen and oxygen atoms in total. The zero-order valence-corrected chi connectivity index (χ0v) is 12.8. The summed E-state index contributed by atoms with van der Waals surface area (Å²) >= 11 is 0. The maximum atomic E-state index is 11.3. The number of carbonyl (C=O) groups is 1. The number of carboxylic acid groups (broad SMARTS) is 1. The van der Waals surface area contributed by atoms with E-state index in [9.17, 15) is 9.90 Å². The summed E-state index contributed by atoms with van der Waals surface area (Å²) in [5, 5.41) is 12.4. The summed E-state index contributed by atoms with van der Waals surface area (Å²) in [4.78, 5) is 11.3. The Balaban J connectivity index is 2.62. The minimum atomic E-state index is -0.873. The maximum Gasteiger partial charge on any atom is 0.323 e. The minimum absolute atomic E-state index is 0.152. The van der Waals surface area contributed by atoms with Gasteiger partial charge in [-0.2, -0.15) is 0 Å². The minimum Gasteiger partial charge on any atom is -0.491 e. The van der Waals surface area contributed by atoms with Crippen LogP contribution >= 0.6 is 0 Å². The lowest BCUT2D eigenvalue weighted by atomic mass is 9.96. The van der Waals surface area contributed by atoms with Crippen LogP contribution in [0.2, 0.25) is 0 Å². The molecule has 0 spiro atoms. The van der Waals surface area contributed by atoms with Crippen molar-refractivity contribution in [3.05, 3.63) is 29.8 Å². The molecule has 0 aliphatic rings. The number of hydrogen-bond acceptors (Lipinski definition) is 3. The van der Waals surface area contributed by atoms with E-state index in [4.69, 9.17) is 4.74 Å². The van der Waals surface area contributed by atoms with Crippen LogP contribution in [0, 0.1) is 0 Å². The van der Waals surface area contributed by atoms with Gasteiger partial charge >= 0.3 is 5.97 Å². The predicted molar refractivity (Wildman–Crippen MR) is 80.0 cm³/mol. The summed E-state index contributed by atoms with van der Waals surface area (Å²) in [7, 11) is 0. The number of aliphatic carboxylic acids is 1. The van der Waals surface area contributed by atoms with E-state index in [2.05, 4.69) is 5.32 Å². The van der Waals surface area contributed by atoms with E-state index in [-0.39, 0.29) is 6.10 Å². The zero-order valence-electron chi connectivity index (χ0n) is 12.8. The summed E-state index contributed by atoms with van der Waals surface area (Å²) in [6.07, 6.45) is 1.59. The van der Waals surface area contributed by atoms with Crippen molar-refractivity contribution in [2.24, 2.45) is 0 Å². The topological polar surface area (TPSA) is 58.6 Å². The molecule has 1 unspecified atom stereocenters. The van der Waals surface area contributed by atoms with Crippen LogP contribution in [0.4, 0.5) is 0 Å². The van der Waals surface area contributed by atoms with E-state index >= 15 is 0 Å². The quantitative estimate of drug-likeness (QED) is 0.767. The van der Waals surface area contributed by atoms with E-state index < -0.39 is 11.5 Å². The van der Waals surface area contributed by atoms with Gasteiger partial charge in [-0.05, 0) is 44.9 Å². The van der Waals surface area contributed by atoms with Crippen LogP contribution in [0.5, 0.6) is 5.75 Å². The Bertz CT molecular complexity index is 428. The molecule has 1 aromatic carbocycles. The van der Waals surface area contributed by atoms with Crippen LogP contribution in [0.15, 0.2) is 24.3 Å². The highest BCUT2D eigenvalue weighted by atomic mass is 16.5. The summed E-state index contributed by atoms with van der Waals surface area (Å²) < 4.78 is 5.58. The van der Waals surface area contributed by atoms with Gasteiger partial charge in [-0.15, -0.1) is 0 Å². The van der Waals surface area contributed by atoms with Crippen molar-refractivity contribution in [3.8, 4) is 5.75 Å². The Labute approximate surface area is 121 Å². The number of carboxylic acids is 1. The highest BCUT2D eigenvalue weighted by Crippen LogP contribution is 2.16. The van der Waals surface area contributed by atoms with Crippen molar-refractivity contribution in [2.75, 3.05) is 0 Å². The number of rotatable bonds is 8. The molecular formula is C16H25NO3. The van der Waals surface area contributed by atoms with Crippen LogP contribution in [-0.4, -0.2) is 22.7 Å². The van der Waals surface area contributed by atoms with Crippen LogP contribution in [0.25, 0.3) is 0 Å². The van der Waals surface area contributed by atoms with Crippen molar-refractivity contribution in [1.82, 2.24) is 5.32 Å². The van der Waals surface area contributed by atoms with Gasteiger partial charge in [-0.3, -0.25) is 10.1 Å². The first-order valence-corrected chi connectivity index (χ1v) is 7.11. The first-order chi connectivity index (χ1) is 9.37. The number of nitrogens with one attached hydrogen (secondary N) is 1. The van der Waals surface area contributed by atoms with E-state index in [1.807, 2.05) is 45.0 Å². The van der Waals surface area contributed by atoms with E-state index in [0.29, 0.717) is 13.0 Å². The molecule has 0 aromatic heterocycles. The Morgan fingerprint density at radius 1 is 1.35 bits per heavy atom. The van der Waals surface area contributed by atoms with Crippen LogP contribution in [0.1, 0.15) is 46.1 Å². The maximum absolute atomic E-state index is 11.3. The third-order valence-electron chi connectivity index (χ3n) is 3.20. The average molecular weight is 279 g/mol. The molecule has 0 bridgehead atoms. The number of ether oxygens (including phenoxy) is 1. The second-order valence-electron chi connectivity index (χ2n) is 5.55. The molecule has 2 N–H and O–H groups in total. The van der Waals surface area contributed by atoms with Crippen LogP contribution in [-0.2, 0) is 11.3 Å². The predicted octanol–water partition coefficient (Wildman–Crippen LogP) is 3.21. The van der Waals surface area contributed by atoms with Gasteiger partial charge in [0, 0.05) is 6.54 Å². The molecule has 4 heteroatoms. The molecule has 0 saturated heterocycles. The molecule has 0 heterocycles. The lowest BCUT2D eigenvalue weighted by Crippen LogP contribution is -2.48. The van der Waals surface area contributed by atoms with Gasteiger partial charge < -0.3 is 9.84 Å². The first kappa shape index (κ1) is 16.5. The Hall–Kier alpha value is -1.55. The van der Waals surface area contributed by atoms with Gasteiger partial charge in [0.2, 0.25) is 0 Å². The van der Waals surface area contributed by atoms with Crippen LogP contribution < -0.4 is 10.1 Å². The summed E-state index contributed by atoms with van der Waals surface area (Å²) in [6, 6.07) is 7.74. The van der Waals surface area contributed by atoms with Gasteiger partial charge in [0.15, 0.2) is 0 Å². The molecule has 0 amide bonds. The first-order valence-electron chi connectivity index (χ1n) is 7.11. The molecule has 1 rings (SSSR count). The summed E-state index contributed by atoms with van der Waals surface area (Å²) in [5.74, 6) is 0.0254. The summed E-state index contributed by atoms with van der Waals surface area (Å²) in [5.41, 5.74) is 0.173. The molecule has 0 saturated carbocycles. The zero-order chi connectivity index (χ0) is 15.2. The molecule has 1 atom stereocenters. The molecule has 0 radical (unpaired) electrons. The molecule has 1 aromatic rings. The van der Waals surface area contributed by atoms with Crippen molar-refractivity contribution in [1.29, 1.82) is 0 Å². The van der Waals surface area contributed by atoms with Crippen molar-refractivity contribution >= 4 is 5.97 Å². The van der Waals surface area contributed by atoms with Gasteiger partial charge in [-0.25, -0.2) is 0 Å². The molecule has 20 heavy (non-hydrogen) atoms. The average Bonchev–Trinajstić information content (AvgIpc) is 2.37. The van der Waals surface area contributed by atoms with E-state index in [1.54, 1.807) is 6.92 Å². The van der Waals surface area contributed by atoms with Crippen molar-refractivity contribution in [2.45, 2.75) is 58.7 Å². The van der Waals surface area contributed by atoms with Gasteiger partial charge in [0.1, 0.15) is 11.3 Å². The highest BCUT2D eigenvalue weighted by molar-refractivity contribution is 5.78. The monoisotopic (exact) mass is 279 g/mol. The fourth-order valence-corrected chi connectivity index (χ4v) is 2.03. The smallest absolute Gasteiger partial charge is 0.323 e. The SMILES string of the molecule is CCCC(C)(NCc1ccc(OC(C)C)cc1)C(=O)O. The Kier molecular flexibility index (Phi) is 6.02. The standard InChI is InChI=1S/C16H25NO3/c1-5-10-16(4,15(18)19)17-11-13-6-8-14(9-7-13)20-12(2)3/h6-9,12,17H,5,10-11H2,1-4H3,(H,18,19). The fourth-order valence-electron chi connectivity index (χ4n) is 2.03. The molecule has 112 valence electrons. The van der Waals surface area contributed by atoms with E-state index in [1.165, 1.54) is 0 Å². The van der Waals surface area contributed by atoms with E-state index in [0.717, 1.165) is 17.7 Å². The highest BCUT2D eigenvalue weighted by Gasteiger charge is 2.31. The molecule has 0 fully saturated rings. The third-order valence-corrected chi connectivity index (χ3v) is 3.20. The lowest BCUT2D eigenvalue weighted by molar-refractivity contribution is -0.144. The van der Waals surface area contributed by atoms with Gasteiger partial charge in [0.05, 0.1) is 6.10 Å². The number of benzene rings is 1. The molecule has 0 aliphatic carbocycles. The molecular weight excluding hydrogens is 254 g/mol. The normalized spacial score (nSPS) is 14.1. The Morgan fingerprint density at radius 2 is 1.95 bits per heavy atom. The van der Waals surface area contributed by atoms with Crippen molar-refractivity contribution < 1.29 is 14.6 Å². The second kappa shape index (κ2) is 7.29. The lowest BCUT2D eigenvalue weighted by Gasteiger charge is -2.26. The third kappa shape index (κ3) is 4.85. The largest absolute Gasteiger partial charge is 0.491 e. The van der Waals surface area contributed by atoms with Crippen LogP contribution in [0.3, 0.4) is 0 Å². The van der Waals surface area contributed by atoms with Gasteiger partial charge in [0.25, 0.3) is 0 Å². The van der Waals surface area contributed by atoms with Gasteiger partial charge in [-0.1, -0.05) is 25.5 Å². The fraction of sp³-hybridized carbons (Fsp3) is 0.562. The summed E-state index contributed by atoms with van der Waals surface area (Å²) in [6.45, 7) is 8.22. The Morgan fingerprint density at radius 3 is 2.40 bits per heavy atom. The number of hydrogen-bond donors (Lipinski definition) is 2. The second-order valence-corrected chi connectivity index (χ2v) is 5.55. The molecule has 0 aliphatic heterocycles. The van der Waals surface area contributed by atoms with Crippen molar-refractivity contribution in [3.63, 3.8) is 0 Å².